The quantitative estimate of drug-likeness (QED) is 0.353. The Labute approximate surface area is 193 Å². The number of carbonyl (C=O) groups excluding carboxylic acids is 1. The van der Waals surface area contributed by atoms with Crippen LogP contribution >= 0.6 is 0 Å². The molecule has 4 rings (SSSR count). The number of nitro groups is 1. The van der Waals surface area contributed by atoms with E-state index in [9.17, 15) is 14.9 Å². The summed E-state index contributed by atoms with van der Waals surface area (Å²) in [7, 11) is 0. The van der Waals surface area contributed by atoms with Crippen LogP contribution in [0.4, 0.5) is 11.4 Å². The lowest BCUT2D eigenvalue weighted by molar-refractivity contribution is -0.384. The van der Waals surface area contributed by atoms with Gasteiger partial charge in [0, 0.05) is 23.7 Å². The van der Waals surface area contributed by atoms with Crippen molar-refractivity contribution in [3.63, 3.8) is 0 Å². The van der Waals surface area contributed by atoms with Crippen molar-refractivity contribution in [2.24, 2.45) is 5.92 Å². The number of non-ortho nitro benzene ring substituents is 1. The average Bonchev–Trinajstić information content (AvgIpc) is 2.84. The molecule has 0 aliphatic heterocycles. The smallest absolute Gasteiger partial charge is 0.269 e. The van der Waals surface area contributed by atoms with Gasteiger partial charge in [-0.05, 0) is 48.6 Å². The van der Waals surface area contributed by atoms with Gasteiger partial charge in [-0.25, -0.2) is 0 Å². The Balaban J connectivity index is 1.67. The largest absolute Gasteiger partial charge is 0.491 e. The first-order valence-corrected chi connectivity index (χ1v) is 11.5. The van der Waals surface area contributed by atoms with Crippen LogP contribution in [0.25, 0.3) is 10.9 Å². The zero-order valence-electron chi connectivity index (χ0n) is 19.0. The van der Waals surface area contributed by atoms with Crippen molar-refractivity contribution in [1.29, 1.82) is 0 Å². The number of amides is 1. The highest BCUT2D eigenvalue weighted by Crippen LogP contribution is 2.41. The van der Waals surface area contributed by atoms with E-state index in [0.717, 1.165) is 30.2 Å². The summed E-state index contributed by atoms with van der Waals surface area (Å²) in [4.78, 5) is 28.9. The minimum absolute atomic E-state index is 0.0270. The normalized spacial score (nSPS) is 15.4. The number of aromatic nitrogens is 1. The van der Waals surface area contributed by atoms with Crippen LogP contribution in [0.5, 0.6) is 5.75 Å². The first-order chi connectivity index (χ1) is 15.9. The molecule has 33 heavy (non-hydrogen) atoms. The van der Waals surface area contributed by atoms with Crippen LogP contribution in [0.15, 0.2) is 54.7 Å². The van der Waals surface area contributed by atoms with E-state index in [2.05, 4.69) is 24.1 Å². The van der Waals surface area contributed by atoms with Crippen molar-refractivity contribution >= 4 is 28.2 Å². The van der Waals surface area contributed by atoms with Gasteiger partial charge in [-0.3, -0.25) is 19.9 Å². The Morgan fingerprint density at radius 1 is 1.12 bits per heavy atom. The zero-order valence-corrected chi connectivity index (χ0v) is 19.0. The molecule has 0 radical (unpaired) electrons. The molecule has 1 aromatic heterocycles. The fourth-order valence-corrected chi connectivity index (χ4v) is 4.57. The van der Waals surface area contributed by atoms with Crippen LogP contribution in [-0.2, 0) is 10.2 Å². The molecule has 1 N–H and O–H groups in total. The number of nitrogens with zero attached hydrogens (tertiary/aromatic N) is 2. The SMILES string of the molecule is CC(C)COc1ccc(NC(=O)C2(c3ccc([N+](=O)[O-])cc3)CCCCC2)c2cccnc12. The standard InChI is InChI=1S/C26H29N3O4/c1-18(2)17-33-23-13-12-22(21-7-6-16-27-24(21)23)28-25(30)26(14-4-3-5-15-26)19-8-10-20(11-9-19)29(31)32/h6-13,16,18H,3-5,14-15,17H2,1-2H3,(H,28,30). The minimum atomic E-state index is -0.714. The molecule has 2 aromatic carbocycles. The van der Waals surface area contributed by atoms with Crippen molar-refractivity contribution in [3.8, 4) is 5.75 Å². The van der Waals surface area contributed by atoms with Crippen LogP contribution in [0, 0.1) is 16.0 Å². The van der Waals surface area contributed by atoms with Crippen molar-refractivity contribution < 1.29 is 14.5 Å². The van der Waals surface area contributed by atoms with Gasteiger partial charge in [-0.1, -0.05) is 45.2 Å². The number of hydrogen-bond donors (Lipinski definition) is 1. The molecular formula is C26H29N3O4. The lowest BCUT2D eigenvalue weighted by Gasteiger charge is -2.36. The summed E-state index contributed by atoms with van der Waals surface area (Å²) in [5.41, 5.74) is 1.54. The highest BCUT2D eigenvalue weighted by molar-refractivity contribution is 6.06. The summed E-state index contributed by atoms with van der Waals surface area (Å²) in [6.07, 6.45) is 6.10. The monoisotopic (exact) mass is 447 g/mol. The number of hydrogen-bond acceptors (Lipinski definition) is 5. The second kappa shape index (κ2) is 9.57. The molecular weight excluding hydrogens is 418 g/mol. The van der Waals surface area contributed by atoms with E-state index in [-0.39, 0.29) is 11.6 Å². The van der Waals surface area contributed by atoms with Gasteiger partial charge in [0.2, 0.25) is 5.91 Å². The predicted molar refractivity (Wildman–Crippen MR) is 129 cm³/mol. The van der Waals surface area contributed by atoms with Crippen LogP contribution in [0.3, 0.4) is 0 Å². The molecule has 1 fully saturated rings. The first-order valence-electron chi connectivity index (χ1n) is 11.5. The third-order valence-corrected chi connectivity index (χ3v) is 6.33. The Kier molecular flexibility index (Phi) is 6.58. The number of ether oxygens (including phenoxy) is 1. The van der Waals surface area contributed by atoms with E-state index in [1.54, 1.807) is 18.3 Å². The number of pyridine rings is 1. The van der Waals surface area contributed by atoms with Gasteiger partial charge in [-0.2, -0.15) is 0 Å². The summed E-state index contributed by atoms with van der Waals surface area (Å²) in [5.74, 6) is 0.994. The van der Waals surface area contributed by atoms with Gasteiger partial charge in [0.05, 0.1) is 22.6 Å². The number of nitro benzene ring substituents is 1. The van der Waals surface area contributed by atoms with Gasteiger partial charge in [0.25, 0.3) is 5.69 Å². The number of rotatable bonds is 7. The third kappa shape index (κ3) is 4.67. The van der Waals surface area contributed by atoms with E-state index in [1.807, 2.05) is 24.3 Å². The maximum atomic E-state index is 13.8. The molecule has 0 bridgehead atoms. The molecule has 172 valence electrons. The van der Waals surface area contributed by atoms with Gasteiger partial charge in [0.1, 0.15) is 11.3 Å². The van der Waals surface area contributed by atoms with Gasteiger partial charge in [-0.15, -0.1) is 0 Å². The fraction of sp³-hybridized carbons (Fsp3) is 0.385. The maximum absolute atomic E-state index is 13.8. The summed E-state index contributed by atoms with van der Waals surface area (Å²) >= 11 is 0. The van der Waals surface area contributed by atoms with E-state index in [1.165, 1.54) is 12.1 Å². The predicted octanol–water partition coefficient (Wildman–Crippen LogP) is 6.02. The van der Waals surface area contributed by atoms with E-state index in [0.29, 0.717) is 42.3 Å². The fourth-order valence-electron chi connectivity index (χ4n) is 4.57. The zero-order chi connectivity index (χ0) is 23.4. The number of anilines is 1. The molecule has 7 heteroatoms. The summed E-state index contributed by atoms with van der Waals surface area (Å²) < 4.78 is 5.95. The van der Waals surface area contributed by atoms with Crippen LogP contribution in [0.1, 0.15) is 51.5 Å². The highest BCUT2D eigenvalue weighted by atomic mass is 16.6. The molecule has 1 heterocycles. The molecule has 1 aliphatic carbocycles. The summed E-state index contributed by atoms with van der Waals surface area (Å²) in [6.45, 7) is 4.76. The second-order valence-corrected chi connectivity index (χ2v) is 9.12. The number of benzene rings is 2. The lowest BCUT2D eigenvalue weighted by Crippen LogP contribution is -2.42. The Hall–Kier alpha value is -3.48. The van der Waals surface area contributed by atoms with Gasteiger partial charge >= 0.3 is 0 Å². The Morgan fingerprint density at radius 2 is 1.85 bits per heavy atom. The van der Waals surface area contributed by atoms with Crippen LogP contribution in [0.2, 0.25) is 0 Å². The molecule has 7 nitrogen and oxygen atoms in total. The van der Waals surface area contributed by atoms with Crippen molar-refractivity contribution in [2.75, 3.05) is 11.9 Å². The van der Waals surface area contributed by atoms with Crippen molar-refractivity contribution in [1.82, 2.24) is 4.98 Å². The maximum Gasteiger partial charge on any atom is 0.269 e. The molecule has 1 saturated carbocycles. The molecule has 0 saturated heterocycles. The van der Waals surface area contributed by atoms with E-state index < -0.39 is 10.3 Å². The Morgan fingerprint density at radius 3 is 2.52 bits per heavy atom. The molecule has 1 aliphatic rings. The second-order valence-electron chi connectivity index (χ2n) is 9.12. The lowest BCUT2D eigenvalue weighted by atomic mass is 9.68. The van der Waals surface area contributed by atoms with E-state index in [4.69, 9.17) is 4.74 Å². The van der Waals surface area contributed by atoms with Crippen molar-refractivity contribution in [3.05, 3.63) is 70.4 Å². The molecule has 0 atom stereocenters. The molecule has 1 amide bonds. The topological polar surface area (TPSA) is 94.4 Å². The number of carbonyl (C=O) groups is 1. The first kappa shape index (κ1) is 22.7. The van der Waals surface area contributed by atoms with Gasteiger partial charge < -0.3 is 10.1 Å². The number of fused-ring (bicyclic) bond motifs is 1. The average molecular weight is 448 g/mol. The van der Waals surface area contributed by atoms with E-state index >= 15 is 0 Å². The minimum Gasteiger partial charge on any atom is -0.491 e. The van der Waals surface area contributed by atoms with Crippen LogP contribution in [-0.4, -0.2) is 22.4 Å². The summed E-state index contributed by atoms with van der Waals surface area (Å²) in [5, 5.41) is 15.1. The highest BCUT2D eigenvalue weighted by Gasteiger charge is 2.41. The van der Waals surface area contributed by atoms with Gasteiger partial charge in [0.15, 0.2) is 0 Å². The van der Waals surface area contributed by atoms with Crippen LogP contribution < -0.4 is 10.1 Å². The molecule has 0 spiro atoms. The molecule has 0 unspecified atom stereocenters. The molecule has 3 aromatic rings. The van der Waals surface area contributed by atoms with Crippen molar-refractivity contribution in [2.45, 2.75) is 51.4 Å². The third-order valence-electron chi connectivity index (χ3n) is 6.33. The summed E-state index contributed by atoms with van der Waals surface area (Å²) in [6, 6.07) is 13.9. The number of nitrogens with one attached hydrogen (secondary N) is 1. The Bertz CT molecular complexity index is 1150.